The summed E-state index contributed by atoms with van der Waals surface area (Å²) in [5, 5.41) is 0. The standard InChI is InChI=1S/C8H13N.HIO3/c1-7-4-5-9(3)6-8(7)2;2-1(3)4/h4-5H,6H2,1-3H3;2H. The Morgan fingerprint density at radius 1 is 1.46 bits per heavy atom. The first-order chi connectivity index (χ1) is 5.93. The minimum atomic E-state index is -3.76. The normalized spacial score (nSPS) is 16.1. The van der Waals surface area contributed by atoms with E-state index in [2.05, 4.69) is 38.1 Å². The van der Waals surface area contributed by atoms with Crippen LogP contribution in [-0.2, 0) is 0 Å². The lowest BCUT2D eigenvalue weighted by Crippen LogP contribution is -3.98. The summed E-state index contributed by atoms with van der Waals surface area (Å²) in [4.78, 5) is 2.18. The number of halogens is 1. The molecule has 13 heavy (non-hydrogen) atoms. The van der Waals surface area contributed by atoms with Gasteiger partial charge >= 0.3 is 21.1 Å². The van der Waals surface area contributed by atoms with Gasteiger partial charge in [-0.1, -0.05) is 5.57 Å². The Morgan fingerprint density at radius 2 is 1.92 bits per heavy atom. The van der Waals surface area contributed by atoms with E-state index in [9.17, 15) is 0 Å². The zero-order valence-electron chi connectivity index (χ0n) is 7.95. The average Bonchev–Trinajstić information content (AvgIpc) is 1.96. The Hall–Kier alpha value is -0.110. The van der Waals surface area contributed by atoms with Crippen molar-refractivity contribution in [2.24, 2.45) is 0 Å². The molecule has 0 bridgehead atoms. The molecule has 0 aromatic carbocycles. The minimum absolute atomic E-state index is 1.09. The molecule has 1 aliphatic heterocycles. The monoisotopic (exact) mass is 299 g/mol. The van der Waals surface area contributed by atoms with Crippen LogP contribution in [0.15, 0.2) is 23.4 Å². The Kier molecular flexibility index (Phi) is 6.31. The molecule has 0 atom stereocenters. The van der Waals surface area contributed by atoms with E-state index in [0.717, 1.165) is 6.54 Å². The topological polar surface area (TPSA) is 69.6 Å². The molecule has 0 aliphatic carbocycles. The van der Waals surface area contributed by atoms with Crippen LogP contribution in [0.25, 0.3) is 0 Å². The lowest BCUT2D eigenvalue weighted by atomic mass is 10.1. The maximum Gasteiger partial charge on any atom is 0.503 e. The van der Waals surface area contributed by atoms with Crippen LogP contribution in [0.3, 0.4) is 0 Å². The van der Waals surface area contributed by atoms with Crippen LogP contribution in [0.4, 0.5) is 0 Å². The predicted molar refractivity (Wildman–Crippen MR) is 42.4 cm³/mol. The van der Waals surface area contributed by atoms with Gasteiger partial charge in [0.05, 0.1) is 0 Å². The van der Waals surface area contributed by atoms with Gasteiger partial charge in [0, 0.05) is 13.6 Å². The quantitative estimate of drug-likeness (QED) is 0.461. The van der Waals surface area contributed by atoms with E-state index in [4.69, 9.17) is 10.3 Å². The number of hydrogen-bond acceptors (Lipinski definition) is 4. The Morgan fingerprint density at radius 3 is 2.23 bits per heavy atom. The fraction of sp³-hybridized carbons (Fsp3) is 0.500. The third-order valence-electron chi connectivity index (χ3n) is 1.74. The first-order valence-electron chi connectivity index (χ1n) is 3.72. The highest BCUT2D eigenvalue weighted by atomic mass is 127. The lowest BCUT2D eigenvalue weighted by Gasteiger charge is -2.19. The van der Waals surface area contributed by atoms with Gasteiger partial charge in [0.25, 0.3) is 0 Å². The first kappa shape index (κ1) is 12.9. The van der Waals surface area contributed by atoms with E-state index in [1.54, 1.807) is 0 Å². The second-order valence-electron chi connectivity index (χ2n) is 2.90. The van der Waals surface area contributed by atoms with Crippen LogP contribution in [0.2, 0.25) is 0 Å². The number of rotatable bonds is 0. The van der Waals surface area contributed by atoms with Crippen LogP contribution >= 0.6 is 0 Å². The zero-order chi connectivity index (χ0) is 10.4. The molecule has 1 N–H and O–H groups in total. The molecule has 5 heteroatoms. The molecule has 1 rings (SSSR count). The Balaban J connectivity index is 0.000000310. The maximum absolute atomic E-state index is 8.68. The SMILES string of the molecule is CC1=C(C)CN(C)C=C1.[O-][I+2]([O-])O. The smallest absolute Gasteiger partial charge is 0.396 e. The van der Waals surface area contributed by atoms with Crippen molar-refractivity contribution in [3.05, 3.63) is 23.4 Å². The summed E-state index contributed by atoms with van der Waals surface area (Å²) in [6.45, 7) is 5.41. The molecule has 0 aromatic rings. The van der Waals surface area contributed by atoms with E-state index in [-0.39, 0.29) is 0 Å². The third-order valence-corrected chi connectivity index (χ3v) is 1.74. The first-order valence-corrected chi connectivity index (χ1v) is 6.45. The molecule has 0 saturated carbocycles. The third kappa shape index (κ3) is 7.00. The van der Waals surface area contributed by atoms with Crippen LogP contribution in [0.5, 0.6) is 0 Å². The van der Waals surface area contributed by atoms with Crippen molar-refractivity contribution in [2.75, 3.05) is 13.6 Å². The summed E-state index contributed by atoms with van der Waals surface area (Å²) in [6, 6.07) is 0. The number of likely N-dealkylation sites (N-methyl/N-ethyl adjacent to an activating group) is 1. The molecule has 0 spiro atoms. The van der Waals surface area contributed by atoms with Crippen molar-refractivity contribution in [1.29, 1.82) is 0 Å². The highest BCUT2D eigenvalue weighted by Gasteiger charge is 2.01. The van der Waals surface area contributed by atoms with Crippen LogP contribution in [0, 0.1) is 0 Å². The fourth-order valence-corrected chi connectivity index (χ4v) is 0.933. The van der Waals surface area contributed by atoms with Gasteiger partial charge in [0.1, 0.15) is 0 Å². The summed E-state index contributed by atoms with van der Waals surface area (Å²) in [5.41, 5.74) is 2.88. The Labute approximate surface area is 87.2 Å². The minimum Gasteiger partial charge on any atom is -0.396 e. The summed E-state index contributed by atoms with van der Waals surface area (Å²) < 4.78 is 24.5. The summed E-state index contributed by atoms with van der Waals surface area (Å²) in [7, 11) is 2.09. The molecule has 0 saturated heterocycles. The van der Waals surface area contributed by atoms with Crippen molar-refractivity contribution < 1.29 is 31.4 Å². The highest BCUT2D eigenvalue weighted by molar-refractivity contribution is 5.26. The van der Waals surface area contributed by atoms with E-state index in [1.165, 1.54) is 11.1 Å². The molecule has 0 amide bonds. The second kappa shape index (κ2) is 6.36. The molecule has 0 radical (unpaired) electrons. The number of nitrogens with zero attached hydrogens (tertiary/aromatic N) is 1. The average molecular weight is 299 g/mol. The van der Waals surface area contributed by atoms with Crippen molar-refractivity contribution in [1.82, 2.24) is 4.90 Å². The molecular formula is C8H14INO3. The van der Waals surface area contributed by atoms with Crippen molar-refractivity contribution in [3.8, 4) is 0 Å². The van der Waals surface area contributed by atoms with Gasteiger partial charge in [0.15, 0.2) is 0 Å². The van der Waals surface area contributed by atoms with Gasteiger partial charge in [-0.25, -0.2) is 0 Å². The van der Waals surface area contributed by atoms with Gasteiger partial charge in [-0.05, 0) is 35.1 Å². The molecule has 0 aromatic heterocycles. The second-order valence-corrected chi connectivity index (χ2v) is 4.04. The van der Waals surface area contributed by atoms with Gasteiger partial charge in [-0.2, -0.15) is 0 Å². The van der Waals surface area contributed by atoms with Crippen LogP contribution < -0.4 is 27.9 Å². The van der Waals surface area contributed by atoms with E-state index in [0.29, 0.717) is 0 Å². The van der Waals surface area contributed by atoms with Crippen LogP contribution in [-0.4, -0.2) is 21.9 Å². The maximum atomic E-state index is 8.68. The largest absolute Gasteiger partial charge is 0.503 e. The van der Waals surface area contributed by atoms with Gasteiger partial charge < -0.3 is 11.8 Å². The molecular weight excluding hydrogens is 285 g/mol. The highest BCUT2D eigenvalue weighted by Crippen LogP contribution is 2.11. The van der Waals surface area contributed by atoms with Gasteiger partial charge in [0.2, 0.25) is 0 Å². The van der Waals surface area contributed by atoms with E-state index < -0.39 is 21.1 Å². The van der Waals surface area contributed by atoms with Gasteiger partial charge in [-0.3, -0.25) is 0 Å². The fourth-order valence-electron chi connectivity index (χ4n) is 0.933. The molecule has 0 unspecified atom stereocenters. The van der Waals surface area contributed by atoms with E-state index >= 15 is 0 Å². The van der Waals surface area contributed by atoms with Crippen molar-refractivity contribution in [2.45, 2.75) is 13.8 Å². The molecule has 1 aliphatic rings. The van der Waals surface area contributed by atoms with E-state index in [1.807, 2.05) is 0 Å². The molecule has 0 fully saturated rings. The van der Waals surface area contributed by atoms with Gasteiger partial charge in [-0.15, -0.1) is 0 Å². The molecule has 76 valence electrons. The Bertz CT molecular complexity index is 211. The zero-order valence-corrected chi connectivity index (χ0v) is 10.1. The lowest BCUT2D eigenvalue weighted by molar-refractivity contribution is -1.63. The van der Waals surface area contributed by atoms with Crippen molar-refractivity contribution >= 4 is 0 Å². The van der Waals surface area contributed by atoms with Crippen LogP contribution in [0.1, 0.15) is 13.8 Å². The summed E-state index contributed by atoms with van der Waals surface area (Å²) in [5.74, 6) is 0. The summed E-state index contributed by atoms with van der Waals surface area (Å²) >= 11 is -3.76. The van der Waals surface area contributed by atoms with Crippen molar-refractivity contribution in [3.63, 3.8) is 0 Å². The number of hydrogen-bond donors (Lipinski definition) is 1. The number of allylic oxidation sites excluding steroid dienone is 2. The predicted octanol–water partition coefficient (Wildman–Crippen LogP) is -4.15. The molecule has 1 heterocycles. The summed E-state index contributed by atoms with van der Waals surface area (Å²) in [6.07, 6.45) is 4.27. The molecule has 4 nitrogen and oxygen atoms in total.